The second kappa shape index (κ2) is 17.4. The van der Waals surface area contributed by atoms with E-state index in [-0.39, 0.29) is 18.6 Å². The number of nitrogens with zero attached hydrogens (tertiary/aromatic N) is 5. The van der Waals surface area contributed by atoms with Crippen LogP contribution < -0.4 is 14.3 Å². The first-order valence-electron chi connectivity index (χ1n) is 16.6. The van der Waals surface area contributed by atoms with Crippen molar-refractivity contribution in [2.45, 2.75) is 56.9 Å². The summed E-state index contributed by atoms with van der Waals surface area (Å²) in [5, 5.41) is 21.5. The minimum atomic E-state index is -4.42. The third-order valence-electron chi connectivity index (χ3n) is 8.40. The van der Waals surface area contributed by atoms with Crippen LogP contribution in [0.2, 0.25) is 0 Å². The van der Waals surface area contributed by atoms with Crippen molar-refractivity contribution < 1.29 is 52.1 Å². The molecular formula is C36H38F3N5O8. The molecular weight excluding hydrogens is 687 g/mol. The Morgan fingerprint density at radius 1 is 0.788 bits per heavy atom. The number of aliphatic carboxylic acids is 1. The monoisotopic (exact) mass is 725 g/mol. The maximum atomic E-state index is 12.7. The third-order valence-corrected chi connectivity index (χ3v) is 8.40. The number of rotatable bonds is 9. The van der Waals surface area contributed by atoms with Gasteiger partial charge in [-0.1, -0.05) is 24.3 Å². The second-order valence-electron chi connectivity index (χ2n) is 12.2. The van der Waals surface area contributed by atoms with Crippen molar-refractivity contribution in [1.82, 2.24) is 24.7 Å². The number of carboxylic acid groups (broad SMARTS) is 2. The number of piperidine rings is 2. The molecule has 4 heterocycles. The smallest absolute Gasteiger partial charge is 0.417 e. The molecule has 0 aliphatic carbocycles. The first-order chi connectivity index (χ1) is 24.9. The first-order valence-corrected chi connectivity index (χ1v) is 16.6. The fourth-order valence-corrected chi connectivity index (χ4v) is 5.58. The number of carbonyl (C=O) groups excluding carboxylic acids is 1. The summed E-state index contributed by atoms with van der Waals surface area (Å²) in [7, 11) is 0. The molecule has 276 valence electrons. The zero-order valence-corrected chi connectivity index (χ0v) is 28.0. The Balaban J connectivity index is 0.000000289. The van der Waals surface area contributed by atoms with E-state index in [9.17, 15) is 27.6 Å². The van der Waals surface area contributed by atoms with E-state index in [1.165, 1.54) is 15.8 Å². The summed E-state index contributed by atoms with van der Waals surface area (Å²) < 4.78 is 49.5. The first kappa shape index (κ1) is 37.5. The Labute approximate surface area is 297 Å². The fraction of sp³-hybridized carbons (Fsp3) is 0.361. The van der Waals surface area contributed by atoms with Crippen LogP contribution in [0.4, 0.5) is 22.8 Å². The van der Waals surface area contributed by atoms with Crippen LogP contribution in [0, 0.1) is 0 Å². The van der Waals surface area contributed by atoms with E-state index in [1.807, 2.05) is 0 Å². The average Bonchev–Trinajstić information content (AvgIpc) is 3.63. The van der Waals surface area contributed by atoms with Gasteiger partial charge < -0.3 is 34.3 Å². The van der Waals surface area contributed by atoms with Crippen molar-refractivity contribution >= 4 is 18.2 Å². The molecule has 13 nitrogen and oxygen atoms in total. The third kappa shape index (κ3) is 11.4. The number of aromatic nitrogens is 3. The predicted octanol–water partition coefficient (Wildman–Crippen LogP) is 5.81. The zero-order chi connectivity index (χ0) is 37.1. The number of benzene rings is 2. The molecule has 4 aromatic rings. The van der Waals surface area contributed by atoms with Crippen molar-refractivity contribution in [3.63, 3.8) is 0 Å². The van der Waals surface area contributed by atoms with E-state index in [4.69, 9.17) is 24.5 Å². The van der Waals surface area contributed by atoms with Gasteiger partial charge in [0, 0.05) is 70.2 Å². The van der Waals surface area contributed by atoms with E-state index in [0.29, 0.717) is 81.0 Å². The van der Waals surface area contributed by atoms with E-state index in [2.05, 4.69) is 10.1 Å². The standard InChI is InChI=1S/C27H25F3N2O5.C9H13N3O3/c28-27(29,30)20-5-6-21(31-17-20)15-18-1-9-23(10-2-18)37-26(35)32-13-11-24(12-14-32)36-22-7-3-19(4-8-22)16-25(33)34;13-9(14)11-6-2-8(3-7-11)15-12-5-1-4-10-12/h1-10,17,24H,11-16H2,(H,33,34);1,4-5,8H,2-3,6-7H2,(H,13,14). The van der Waals surface area contributed by atoms with Gasteiger partial charge in [-0.05, 0) is 53.6 Å². The van der Waals surface area contributed by atoms with Crippen molar-refractivity contribution in [2.75, 3.05) is 26.2 Å². The van der Waals surface area contributed by atoms with Gasteiger partial charge in [-0.2, -0.15) is 13.2 Å². The highest BCUT2D eigenvalue weighted by atomic mass is 19.4. The molecule has 0 atom stereocenters. The Morgan fingerprint density at radius 3 is 1.96 bits per heavy atom. The Kier molecular flexibility index (Phi) is 12.5. The summed E-state index contributed by atoms with van der Waals surface area (Å²) in [5.74, 6) is 0.134. The molecule has 0 bridgehead atoms. The van der Waals surface area contributed by atoms with Gasteiger partial charge in [-0.15, -0.1) is 9.94 Å². The van der Waals surface area contributed by atoms with Crippen LogP contribution in [0.3, 0.4) is 0 Å². The van der Waals surface area contributed by atoms with Crippen LogP contribution >= 0.6 is 0 Å². The lowest BCUT2D eigenvalue weighted by atomic mass is 10.1. The number of ether oxygens (including phenoxy) is 2. The van der Waals surface area contributed by atoms with Gasteiger partial charge in [0.05, 0.1) is 24.4 Å². The maximum absolute atomic E-state index is 12.7. The molecule has 2 aromatic carbocycles. The predicted molar refractivity (Wildman–Crippen MR) is 179 cm³/mol. The van der Waals surface area contributed by atoms with Crippen LogP contribution in [-0.2, 0) is 23.8 Å². The summed E-state index contributed by atoms with van der Waals surface area (Å²) >= 11 is 0. The molecule has 2 fully saturated rings. The number of alkyl halides is 3. The highest BCUT2D eigenvalue weighted by molar-refractivity contribution is 5.71. The van der Waals surface area contributed by atoms with E-state index < -0.39 is 29.9 Å². The number of hydrogen-bond acceptors (Lipinski definition) is 8. The van der Waals surface area contributed by atoms with Gasteiger partial charge in [0.1, 0.15) is 23.7 Å². The molecule has 2 aliphatic rings. The summed E-state index contributed by atoms with van der Waals surface area (Å²) in [5.41, 5.74) is 1.22. The molecule has 2 N–H and O–H groups in total. The van der Waals surface area contributed by atoms with Gasteiger partial charge in [0.15, 0.2) is 0 Å². The Bertz CT molecular complexity index is 1740. The van der Waals surface area contributed by atoms with Gasteiger partial charge in [0.2, 0.25) is 0 Å². The van der Waals surface area contributed by atoms with Crippen LogP contribution in [0.5, 0.6) is 11.5 Å². The topological polar surface area (TPSA) is 157 Å². The van der Waals surface area contributed by atoms with Crippen molar-refractivity contribution in [2.24, 2.45) is 0 Å². The van der Waals surface area contributed by atoms with Crippen molar-refractivity contribution in [3.05, 3.63) is 108 Å². The average molecular weight is 726 g/mol. The van der Waals surface area contributed by atoms with E-state index >= 15 is 0 Å². The van der Waals surface area contributed by atoms with Crippen molar-refractivity contribution in [1.29, 1.82) is 0 Å². The molecule has 2 aromatic heterocycles. The van der Waals surface area contributed by atoms with E-state index in [0.717, 1.165) is 17.8 Å². The van der Waals surface area contributed by atoms with Crippen LogP contribution in [-0.4, -0.2) is 91.5 Å². The summed E-state index contributed by atoms with van der Waals surface area (Å²) in [4.78, 5) is 47.8. The molecule has 2 saturated heterocycles. The lowest BCUT2D eigenvalue weighted by Gasteiger charge is -2.31. The molecule has 2 amide bonds. The minimum Gasteiger partial charge on any atom is -0.490 e. The number of carboxylic acids is 1. The molecule has 6 rings (SSSR count). The number of likely N-dealkylation sites (tertiary alicyclic amines) is 2. The number of carbonyl (C=O) groups is 3. The molecule has 0 spiro atoms. The van der Waals surface area contributed by atoms with Crippen molar-refractivity contribution in [3.8, 4) is 11.5 Å². The normalized spacial score (nSPS) is 15.3. The lowest BCUT2D eigenvalue weighted by Crippen LogP contribution is -2.43. The fourth-order valence-electron chi connectivity index (χ4n) is 5.58. The largest absolute Gasteiger partial charge is 0.490 e. The van der Waals surface area contributed by atoms with Gasteiger partial charge >= 0.3 is 24.3 Å². The summed E-state index contributed by atoms with van der Waals surface area (Å²) in [6.07, 6.45) is 1.44. The SMILES string of the molecule is O=C(O)Cc1ccc(OC2CCN(C(=O)Oc3ccc(Cc4ccc(C(F)(F)F)cn4)cc3)CC2)cc1.O=C(O)N1CCC(On2cccn2)CC1. The Hall–Kier alpha value is -5.80. The van der Waals surface area contributed by atoms with Gasteiger partial charge in [0.25, 0.3) is 0 Å². The highest BCUT2D eigenvalue weighted by Crippen LogP contribution is 2.29. The molecule has 0 saturated carbocycles. The van der Waals surface area contributed by atoms with Gasteiger partial charge in [-0.25, -0.2) is 9.59 Å². The molecule has 2 aliphatic heterocycles. The number of hydrogen-bond donors (Lipinski definition) is 2. The minimum absolute atomic E-state index is 0.0418. The lowest BCUT2D eigenvalue weighted by molar-refractivity contribution is -0.138. The van der Waals surface area contributed by atoms with Crippen LogP contribution in [0.25, 0.3) is 0 Å². The van der Waals surface area contributed by atoms with Crippen LogP contribution in [0.15, 0.2) is 85.3 Å². The number of halogens is 3. The molecule has 0 unspecified atom stereocenters. The highest BCUT2D eigenvalue weighted by Gasteiger charge is 2.30. The molecule has 52 heavy (non-hydrogen) atoms. The number of amides is 2. The zero-order valence-electron chi connectivity index (χ0n) is 28.0. The maximum Gasteiger partial charge on any atom is 0.417 e. The molecule has 16 heteroatoms. The number of pyridine rings is 1. The summed E-state index contributed by atoms with van der Waals surface area (Å²) in [6, 6.07) is 17.8. The summed E-state index contributed by atoms with van der Waals surface area (Å²) in [6.45, 7) is 2.00. The van der Waals surface area contributed by atoms with Crippen LogP contribution in [0.1, 0.15) is 48.1 Å². The quantitative estimate of drug-likeness (QED) is 0.216. The molecule has 0 radical (unpaired) electrons. The second-order valence-corrected chi connectivity index (χ2v) is 12.2. The Morgan fingerprint density at radius 2 is 1.40 bits per heavy atom. The van der Waals surface area contributed by atoms with E-state index in [1.54, 1.807) is 71.9 Å². The van der Waals surface area contributed by atoms with Gasteiger partial charge in [-0.3, -0.25) is 9.78 Å².